The molecule has 1 aliphatic heterocycles. The van der Waals surface area contributed by atoms with Gasteiger partial charge in [-0.3, -0.25) is 14.6 Å². The van der Waals surface area contributed by atoms with Gasteiger partial charge in [0.25, 0.3) is 0 Å². The molecule has 0 aliphatic carbocycles. The second kappa shape index (κ2) is 7.06. The Labute approximate surface area is 130 Å². The summed E-state index contributed by atoms with van der Waals surface area (Å²) in [6.45, 7) is 5.08. The lowest BCUT2D eigenvalue weighted by Gasteiger charge is -2.22. The van der Waals surface area contributed by atoms with E-state index in [0.717, 1.165) is 18.1 Å². The monoisotopic (exact) mass is 303 g/mol. The van der Waals surface area contributed by atoms with Gasteiger partial charge in [0.05, 0.1) is 30.9 Å². The summed E-state index contributed by atoms with van der Waals surface area (Å²) in [5.41, 5.74) is 8.02. The molecule has 2 N–H and O–H groups in total. The first-order chi connectivity index (χ1) is 10.5. The third kappa shape index (κ3) is 3.63. The fourth-order valence-electron chi connectivity index (χ4n) is 2.43. The Morgan fingerprint density at radius 2 is 2.18 bits per heavy atom. The van der Waals surface area contributed by atoms with Gasteiger partial charge in [0.2, 0.25) is 0 Å². The summed E-state index contributed by atoms with van der Waals surface area (Å²) < 4.78 is 4.93. The molecule has 0 aromatic heterocycles. The Bertz CT molecular complexity index is 611. The highest BCUT2D eigenvalue weighted by Crippen LogP contribution is 2.27. The lowest BCUT2D eigenvalue weighted by Crippen LogP contribution is -2.28. The number of hydrogen-bond acceptors (Lipinski definition) is 6. The van der Waals surface area contributed by atoms with Crippen LogP contribution in [0.25, 0.3) is 0 Å². The Morgan fingerprint density at radius 1 is 1.41 bits per heavy atom. The van der Waals surface area contributed by atoms with Crippen molar-refractivity contribution in [2.75, 3.05) is 30.3 Å². The largest absolute Gasteiger partial charge is 0.466 e. The van der Waals surface area contributed by atoms with E-state index in [1.807, 2.05) is 11.0 Å². The van der Waals surface area contributed by atoms with E-state index in [0.29, 0.717) is 37.2 Å². The molecule has 0 radical (unpaired) electrons. The number of carbonyl (C=O) groups is 2. The molecule has 1 aromatic carbocycles. The number of esters is 1. The Hall–Kier alpha value is -2.37. The van der Waals surface area contributed by atoms with Gasteiger partial charge < -0.3 is 15.4 Å². The van der Waals surface area contributed by atoms with E-state index in [4.69, 9.17) is 10.5 Å². The average molecular weight is 303 g/mol. The van der Waals surface area contributed by atoms with E-state index in [9.17, 15) is 9.59 Å². The van der Waals surface area contributed by atoms with Crippen LogP contribution >= 0.6 is 0 Å². The van der Waals surface area contributed by atoms with Crippen LogP contribution in [-0.4, -0.2) is 37.3 Å². The molecule has 22 heavy (non-hydrogen) atoms. The topological polar surface area (TPSA) is 85.0 Å². The zero-order chi connectivity index (χ0) is 16.1. The molecule has 0 spiro atoms. The lowest BCUT2D eigenvalue weighted by molar-refractivity contribution is -0.142. The van der Waals surface area contributed by atoms with Crippen molar-refractivity contribution in [1.82, 2.24) is 0 Å². The number of nitrogens with two attached hydrogens (primary N) is 1. The van der Waals surface area contributed by atoms with E-state index in [1.165, 1.54) is 6.92 Å². The van der Waals surface area contributed by atoms with Gasteiger partial charge in [-0.2, -0.15) is 0 Å². The summed E-state index contributed by atoms with van der Waals surface area (Å²) in [6.07, 6.45) is 0.821. The van der Waals surface area contributed by atoms with E-state index in [1.54, 1.807) is 19.1 Å². The van der Waals surface area contributed by atoms with Crippen LogP contribution < -0.4 is 10.6 Å². The maximum atomic E-state index is 11.5. The number of benzene rings is 1. The van der Waals surface area contributed by atoms with Crippen molar-refractivity contribution in [3.8, 4) is 0 Å². The number of rotatable bonds is 6. The predicted molar refractivity (Wildman–Crippen MR) is 86.4 cm³/mol. The van der Waals surface area contributed by atoms with Crippen molar-refractivity contribution in [2.24, 2.45) is 4.99 Å². The van der Waals surface area contributed by atoms with E-state index >= 15 is 0 Å². The first kappa shape index (κ1) is 16.0. The van der Waals surface area contributed by atoms with Gasteiger partial charge in [-0.05, 0) is 32.0 Å². The average Bonchev–Trinajstić information content (AvgIpc) is 2.93. The molecule has 0 fully saturated rings. The number of nitrogen functional groups attached to an aromatic ring is 1. The number of hydrogen-bond donors (Lipinski definition) is 1. The minimum absolute atomic E-state index is 0.0177. The maximum Gasteiger partial charge on any atom is 0.306 e. The number of carbonyl (C=O) groups excluding carboxylic acids is 2. The summed E-state index contributed by atoms with van der Waals surface area (Å²) in [4.78, 5) is 29.3. The second-order valence-electron chi connectivity index (χ2n) is 5.08. The fourth-order valence-corrected chi connectivity index (χ4v) is 2.43. The van der Waals surface area contributed by atoms with Crippen molar-refractivity contribution < 1.29 is 14.3 Å². The minimum atomic E-state index is -0.225. The van der Waals surface area contributed by atoms with Crippen LogP contribution in [0.5, 0.6) is 0 Å². The van der Waals surface area contributed by atoms with Crippen LogP contribution in [0.4, 0.5) is 11.4 Å². The summed E-state index contributed by atoms with van der Waals surface area (Å²) in [5, 5.41) is 0. The molecule has 6 heteroatoms. The SMILES string of the molecule is CCOC(=O)CCC1=NCCN1c1ccc(C(C)=O)cc1N. The Kier molecular flexibility index (Phi) is 5.14. The van der Waals surface area contributed by atoms with Crippen molar-refractivity contribution in [3.05, 3.63) is 23.8 Å². The number of amidine groups is 1. The predicted octanol–water partition coefficient (Wildman–Crippen LogP) is 2.03. The van der Waals surface area contributed by atoms with Crippen LogP contribution in [0.1, 0.15) is 37.0 Å². The summed E-state index contributed by atoms with van der Waals surface area (Å²) in [5.74, 6) is 0.586. The summed E-state index contributed by atoms with van der Waals surface area (Å²) in [7, 11) is 0. The quantitative estimate of drug-likeness (QED) is 0.494. The molecule has 2 rings (SSSR count). The molecule has 0 bridgehead atoms. The number of ketones is 1. The third-order valence-electron chi connectivity index (χ3n) is 3.51. The molecule has 0 unspecified atom stereocenters. The highest BCUT2D eigenvalue weighted by molar-refractivity contribution is 6.04. The van der Waals surface area contributed by atoms with Crippen molar-refractivity contribution >= 4 is 29.0 Å². The van der Waals surface area contributed by atoms with Crippen molar-refractivity contribution in [1.29, 1.82) is 0 Å². The Morgan fingerprint density at radius 3 is 2.82 bits per heavy atom. The molecule has 0 atom stereocenters. The molecule has 0 saturated carbocycles. The molecule has 6 nitrogen and oxygen atoms in total. The number of Topliss-reactive ketones (excluding diaryl/α,β-unsaturated/α-hetero) is 1. The fraction of sp³-hybridized carbons (Fsp3) is 0.438. The highest BCUT2D eigenvalue weighted by Gasteiger charge is 2.21. The minimum Gasteiger partial charge on any atom is -0.466 e. The van der Waals surface area contributed by atoms with Gasteiger partial charge in [-0.25, -0.2) is 0 Å². The highest BCUT2D eigenvalue weighted by atomic mass is 16.5. The van der Waals surface area contributed by atoms with E-state index < -0.39 is 0 Å². The van der Waals surface area contributed by atoms with Crippen LogP contribution in [0.3, 0.4) is 0 Å². The molecular weight excluding hydrogens is 282 g/mol. The maximum absolute atomic E-state index is 11.5. The van der Waals surface area contributed by atoms with Gasteiger partial charge in [-0.15, -0.1) is 0 Å². The van der Waals surface area contributed by atoms with Crippen molar-refractivity contribution in [2.45, 2.75) is 26.7 Å². The Balaban J connectivity index is 2.10. The molecule has 1 aliphatic rings. The zero-order valence-corrected chi connectivity index (χ0v) is 13.0. The normalized spacial score (nSPS) is 13.9. The van der Waals surface area contributed by atoms with Gasteiger partial charge in [0, 0.05) is 18.5 Å². The molecule has 118 valence electrons. The number of nitrogens with zero attached hydrogens (tertiary/aromatic N) is 2. The zero-order valence-electron chi connectivity index (χ0n) is 13.0. The smallest absolute Gasteiger partial charge is 0.306 e. The molecule has 0 amide bonds. The summed E-state index contributed by atoms with van der Waals surface area (Å²) in [6, 6.07) is 5.27. The summed E-state index contributed by atoms with van der Waals surface area (Å²) >= 11 is 0. The number of ether oxygens (including phenoxy) is 1. The third-order valence-corrected chi connectivity index (χ3v) is 3.51. The first-order valence-electron chi connectivity index (χ1n) is 7.40. The number of aliphatic imine (C=N–C) groups is 1. The van der Waals surface area contributed by atoms with Crippen LogP contribution in [0.15, 0.2) is 23.2 Å². The lowest BCUT2D eigenvalue weighted by atomic mass is 10.1. The molecule has 0 saturated heterocycles. The van der Waals surface area contributed by atoms with Crippen molar-refractivity contribution in [3.63, 3.8) is 0 Å². The van der Waals surface area contributed by atoms with Crippen LogP contribution in [0.2, 0.25) is 0 Å². The molecular formula is C16H21N3O3. The standard InChI is InChI=1S/C16H21N3O3/c1-3-22-16(21)7-6-15-18-8-9-19(15)14-5-4-12(11(2)20)10-13(14)17/h4-5,10H,3,6-9,17H2,1-2H3. The molecule has 1 heterocycles. The van der Waals surface area contributed by atoms with E-state index in [-0.39, 0.29) is 11.8 Å². The van der Waals surface area contributed by atoms with Crippen LogP contribution in [0, 0.1) is 0 Å². The van der Waals surface area contributed by atoms with Crippen LogP contribution in [-0.2, 0) is 9.53 Å². The van der Waals surface area contributed by atoms with E-state index in [2.05, 4.69) is 4.99 Å². The van der Waals surface area contributed by atoms with Gasteiger partial charge in [0.15, 0.2) is 5.78 Å². The van der Waals surface area contributed by atoms with Gasteiger partial charge in [-0.1, -0.05) is 0 Å². The van der Waals surface area contributed by atoms with Gasteiger partial charge >= 0.3 is 5.97 Å². The van der Waals surface area contributed by atoms with Gasteiger partial charge in [0.1, 0.15) is 5.84 Å². The second-order valence-corrected chi connectivity index (χ2v) is 5.08. The first-order valence-corrected chi connectivity index (χ1v) is 7.40. The molecule has 1 aromatic rings. The number of anilines is 2.